The highest BCUT2D eigenvalue weighted by molar-refractivity contribution is 5.92. The zero-order valence-corrected chi connectivity index (χ0v) is 16.9. The average molecular weight is 394 g/mol. The number of likely N-dealkylation sites (tertiary alicyclic amines) is 1. The van der Waals surface area contributed by atoms with Crippen LogP contribution < -0.4 is 5.32 Å². The Morgan fingerprint density at radius 2 is 2.07 bits per heavy atom. The van der Waals surface area contributed by atoms with Crippen molar-refractivity contribution in [3.8, 4) is 0 Å². The van der Waals surface area contributed by atoms with E-state index in [9.17, 15) is 9.18 Å². The molecule has 2 aromatic rings. The Balaban J connectivity index is 1.40. The lowest BCUT2D eigenvalue weighted by Crippen LogP contribution is -2.55. The lowest BCUT2D eigenvalue weighted by atomic mass is 9.71. The molecule has 1 N–H and O–H groups in total. The van der Waals surface area contributed by atoms with Crippen molar-refractivity contribution in [3.63, 3.8) is 0 Å². The van der Waals surface area contributed by atoms with Gasteiger partial charge in [-0.1, -0.05) is 38.0 Å². The minimum Gasteiger partial charge on any atom is -0.332 e. The molecule has 1 aromatic carbocycles. The van der Waals surface area contributed by atoms with Crippen LogP contribution in [0.1, 0.15) is 60.8 Å². The highest BCUT2D eigenvalue weighted by Gasteiger charge is 2.55. The van der Waals surface area contributed by atoms with Gasteiger partial charge in [0.05, 0.1) is 0 Å². The molecule has 4 atom stereocenters. The van der Waals surface area contributed by atoms with Crippen molar-refractivity contribution in [2.75, 3.05) is 6.54 Å². The molecule has 2 bridgehead atoms. The molecule has 3 aliphatic rings. The molecule has 152 valence electrons. The van der Waals surface area contributed by atoms with Crippen molar-refractivity contribution in [3.05, 3.63) is 65.2 Å². The van der Waals surface area contributed by atoms with Crippen LogP contribution >= 0.6 is 0 Å². The van der Waals surface area contributed by atoms with Crippen molar-refractivity contribution in [2.45, 2.75) is 63.6 Å². The fourth-order valence-electron chi connectivity index (χ4n) is 5.92. The Kier molecular flexibility index (Phi) is 4.66. The van der Waals surface area contributed by atoms with Crippen LogP contribution in [0.3, 0.4) is 0 Å². The van der Waals surface area contributed by atoms with Gasteiger partial charge in [0.25, 0.3) is 5.91 Å². The molecule has 1 aromatic heterocycles. The van der Waals surface area contributed by atoms with Gasteiger partial charge < -0.3 is 10.2 Å². The molecule has 2 aliphatic heterocycles. The first kappa shape index (κ1) is 18.7. The standard InChI is InChI=1S/C24H28FN3O/c1-24-14-19-15-28(22(24)11-3-2-10-21(24)27-19)23(29)20-9-5-8-18(26-20)13-16-6-4-7-17(25)12-16/h4-9,12,19,21-22,27H,2-3,10-11,13-15H2,1H3/t19-,21-,22+,24-/m0/s1. The lowest BCUT2D eigenvalue weighted by Gasteiger charge is -2.46. The zero-order valence-electron chi connectivity index (χ0n) is 16.9. The molecule has 3 heterocycles. The Hall–Kier alpha value is -2.27. The second kappa shape index (κ2) is 7.21. The van der Waals surface area contributed by atoms with E-state index in [-0.39, 0.29) is 23.2 Å². The first-order valence-corrected chi connectivity index (χ1v) is 10.8. The number of hydrogen-bond acceptors (Lipinski definition) is 3. The van der Waals surface area contributed by atoms with Gasteiger partial charge in [0.1, 0.15) is 11.5 Å². The summed E-state index contributed by atoms with van der Waals surface area (Å²) in [6, 6.07) is 13.4. The van der Waals surface area contributed by atoms with E-state index in [2.05, 4.69) is 22.1 Å². The van der Waals surface area contributed by atoms with E-state index < -0.39 is 0 Å². The van der Waals surface area contributed by atoms with E-state index in [4.69, 9.17) is 0 Å². The largest absolute Gasteiger partial charge is 0.332 e. The first-order valence-electron chi connectivity index (χ1n) is 10.8. The van der Waals surface area contributed by atoms with E-state index in [0.717, 1.165) is 24.2 Å². The Morgan fingerprint density at radius 1 is 1.24 bits per heavy atom. The van der Waals surface area contributed by atoms with Gasteiger partial charge in [0, 0.05) is 42.2 Å². The van der Waals surface area contributed by atoms with Gasteiger partial charge >= 0.3 is 0 Å². The van der Waals surface area contributed by atoms with E-state index in [1.807, 2.05) is 24.3 Å². The minimum atomic E-state index is -0.248. The van der Waals surface area contributed by atoms with Crippen LogP contribution in [0.25, 0.3) is 0 Å². The Morgan fingerprint density at radius 3 is 2.93 bits per heavy atom. The first-order chi connectivity index (χ1) is 14.0. The summed E-state index contributed by atoms with van der Waals surface area (Å²) in [4.78, 5) is 20.3. The van der Waals surface area contributed by atoms with Crippen LogP contribution in [-0.2, 0) is 6.42 Å². The van der Waals surface area contributed by atoms with E-state index in [1.165, 1.54) is 37.8 Å². The summed E-state index contributed by atoms with van der Waals surface area (Å²) >= 11 is 0. The molecule has 1 aliphatic carbocycles. The van der Waals surface area contributed by atoms with Crippen LogP contribution in [0.2, 0.25) is 0 Å². The molecule has 1 saturated carbocycles. The quantitative estimate of drug-likeness (QED) is 0.859. The van der Waals surface area contributed by atoms with Crippen molar-refractivity contribution in [2.24, 2.45) is 5.41 Å². The maximum atomic E-state index is 13.5. The summed E-state index contributed by atoms with van der Waals surface area (Å²) in [5.41, 5.74) is 2.32. The van der Waals surface area contributed by atoms with Crippen molar-refractivity contribution in [1.82, 2.24) is 15.2 Å². The number of carbonyl (C=O) groups is 1. The molecule has 4 nitrogen and oxygen atoms in total. The summed E-state index contributed by atoms with van der Waals surface area (Å²) < 4.78 is 13.5. The van der Waals surface area contributed by atoms with Crippen LogP contribution in [-0.4, -0.2) is 40.5 Å². The van der Waals surface area contributed by atoms with Gasteiger partial charge in [0.2, 0.25) is 0 Å². The maximum Gasteiger partial charge on any atom is 0.272 e. The number of piperidine rings is 1. The summed E-state index contributed by atoms with van der Waals surface area (Å²) in [5, 5.41) is 3.80. The zero-order chi connectivity index (χ0) is 20.0. The number of amides is 1. The number of pyridine rings is 1. The monoisotopic (exact) mass is 393 g/mol. The molecule has 0 radical (unpaired) electrons. The normalized spacial score (nSPS) is 30.8. The van der Waals surface area contributed by atoms with Crippen LogP contribution in [0.5, 0.6) is 0 Å². The second-order valence-corrected chi connectivity index (χ2v) is 9.20. The van der Waals surface area contributed by atoms with Crippen LogP contribution in [0.15, 0.2) is 42.5 Å². The smallest absolute Gasteiger partial charge is 0.272 e. The molecule has 0 spiro atoms. The SMILES string of the molecule is C[C@@]12C[C@H]3CN(C(=O)c4cccc(Cc5cccc(F)c5)n4)[C@@H]1CCCC[C@@H]2N3. The minimum absolute atomic E-state index is 0.0383. The molecule has 5 rings (SSSR count). The van der Waals surface area contributed by atoms with Gasteiger partial charge in [-0.25, -0.2) is 9.37 Å². The third kappa shape index (κ3) is 3.35. The molecule has 2 saturated heterocycles. The fraction of sp³-hybridized carbons (Fsp3) is 0.500. The van der Waals surface area contributed by atoms with Gasteiger partial charge in [-0.3, -0.25) is 4.79 Å². The van der Waals surface area contributed by atoms with E-state index >= 15 is 0 Å². The predicted octanol–water partition coefficient (Wildman–Crippen LogP) is 3.95. The third-order valence-electron chi connectivity index (χ3n) is 7.26. The number of nitrogens with zero attached hydrogens (tertiary/aromatic N) is 2. The van der Waals surface area contributed by atoms with Crippen LogP contribution in [0.4, 0.5) is 4.39 Å². The fourth-order valence-corrected chi connectivity index (χ4v) is 5.92. The number of halogens is 1. The van der Waals surface area contributed by atoms with Crippen molar-refractivity contribution in [1.29, 1.82) is 0 Å². The lowest BCUT2D eigenvalue weighted by molar-refractivity contribution is 0.0279. The number of aromatic nitrogens is 1. The second-order valence-electron chi connectivity index (χ2n) is 9.20. The number of fused-ring (bicyclic) bond motifs is 1. The van der Waals surface area contributed by atoms with Gasteiger partial charge in [-0.05, 0) is 49.1 Å². The molecular formula is C24H28FN3O. The molecule has 1 amide bonds. The maximum absolute atomic E-state index is 13.5. The van der Waals surface area contributed by atoms with Crippen molar-refractivity contribution >= 4 is 5.91 Å². The third-order valence-corrected chi connectivity index (χ3v) is 7.26. The van der Waals surface area contributed by atoms with Gasteiger partial charge in [0.15, 0.2) is 0 Å². The summed E-state index contributed by atoms with van der Waals surface area (Å²) in [5.74, 6) is -0.210. The number of benzene rings is 1. The molecular weight excluding hydrogens is 365 g/mol. The number of rotatable bonds is 3. The Labute approximate surface area is 171 Å². The topological polar surface area (TPSA) is 45.2 Å². The Bertz CT molecular complexity index is 932. The predicted molar refractivity (Wildman–Crippen MR) is 110 cm³/mol. The molecule has 0 unspecified atom stereocenters. The molecule has 3 fully saturated rings. The van der Waals surface area contributed by atoms with E-state index in [0.29, 0.717) is 24.2 Å². The number of hydrogen-bond donors (Lipinski definition) is 1. The summed E-state index contributed by atoms with van der Waals surface area (Å²) in [7, 11) is 0. The van der Waals surface area contributed by atoms with Gasteiger partial charge in [-0.15, -0.1) is 0 Å². The summed E-state index contributed by atoms with van der Waals surface area (Å²) in [6.07, 6.45) is 6.40. The van der Waals surface area contributed by atoms with Gasteiger partial charge in [-0.2, -0.15) is 0 Å². The summed E-state index contributed by atoms with van der Waals surface area (Å²) in [6.45, 7) is 3.14. The highest BCUT2D eigenvalue weighted by Crippen LogP contribution is 2.49. The average Bonchev–Trinajstić information content (AvgIpc) is 2.86. The molecule has 29 heavy (non-hydrogen) atoms. The molecule has 5 heteroatoms. The highest BCUT2D eigenvalue weighted by atomic mass is 19.1. The number of nitrogens with one attached hydrogen (secondary N) is 1. The van der Waals surface area contributed by atoms with Crippen LogP contribution in [0, 0.1) is 11.2 Å². The number of carbonyl (C=O) groups excluding carboxylic acids is 1. The van der Waals surface area contributed by atoms with E-state index in [1.54, 1.807) is 6.07 Å². The van der Waals surface area contributed by atoms with Crippen molar-refractivity contribution < 1.29 is 9.18 Å².